The smallest absolute Gasteiger partial charge is 0.262 e. The van der Waals surface area contributed by atoms with Crippen LogP contribution in [0, 0.1) is 13.8 Å². The van der Waals surface area contributed by atoms with E-state index in [1.54, 1.807) is 36.9 Å². The molecule has 0 aliphatic heterocycles. The van der Waals surface area contributed by atoms with Crippen LogP contribution in [0.2, 0.25) is 0 Å². The number of ether oxygens (including phenoxy) is 1. The van der Waals surface area contributed by atoms with E-state index in [9.17, 15) is 13.2 Å². The number of para-hydroxylation sites is 1. The first-order valence-corrected chi connectivity index (χ1v) is 10.4. The van der Waals surface area contributed by atoms with Crippen molar-refractivity contribution in [3.63, 3.8) is 0 Å². The lowest BCUT2D eigenvalue weighted by molar-refractivity contribution is -0.118. The van der Waals surface area contributed by atoms with Crippen LogP contribution >= 0.6 is 0 Å². The second kappa shape index (κ2) is 7.59. The van der Waals surface area contributed by atoms with Crippen LogP contribution in [0.1, 0.15) is 18.2 Å². The van der Waals surface area contributed by atoms with Crippen LogP contribution in [-0.2, 0) is 21.7 Å². The van der Waals surface area contributed by atoms with E-state index in [1.165, 1.54) is 6.07 Å². The van der Waals surface area contributed by atoms with Gasteiger partial charge in [-0.2, -0.15) is 0 Å². The first-order chi connectivity index (χ1) is 13.2. The highest BCUT2D eigenvalue weighted by molar-refractivity contribution is 7.91. The van der Waals surface area contributed by atoms with Crippen LogP contribution in [-0.4, -0.2) is 41.4 Å². The van der Waals surface area contributed by atoms with E-state index in [0.717, 1.165) is 16.6 Å². The van der Waals surface area contributed by atoms with Crippen molar-refractivity contribution < 1.29 is 17.9 Å². The summed E-state index contributed by atoms with van der Waals surface area (Å²) < 4.78 is 31.6. The molecule has 0 saturated carbocycles. The zero-order valence-corrected chi connectivity index (χ0v) is 17.0. The van der Waals surface area contributed by atoms with E-state index < -0.39 is 15.7 Å². The molecule has 0 aliphatic carbocycles. The molecule has 1 aromatic carbocycles. The molecular formula is C19H22N4O4S. The van der Waals surface area contributed by atoms with Crippen molar-refractivity contribution in [3.8, 4) is 5.88 Å². The van der Waals surface area contributed by atoms with Crippen molar-refractivity contribution in [2.75, 3.05) is 17.7 Å². The van der Waals surface area contributed by atoms with Crippen molar-refractivity contribution >= 4 is 32.5 Å². The van der Waals surface area contributed by atoms with Gasteiger partial charge < -0.3 is 10.1 Å². The SMILES string of the molecule is CCS(=O)(=O)c1ccccc1NC(=O)COc1nn(C)c2nc(C)cc(C)c12. The molecular weight excluding hydrogens is 380 g/mol. The number of aryl methyl sites for hydroxylation is 3. The molecule has 0 fully saturated rings. The molecule has 3 rings (SSSR count). The van der Waals surface area contributed by atoms with E-state index in [4.69, 9.17) is 4.74 Å². The molecule has 28 heavy (non-hydrogen) atoms. The molecule has 0 saturated heterocycles. The molecule has 1 amide bonds. The Kier molecular flexibility index (Phi) is 5.37. The van der Waals surface area contributed by atoms with E-state index in [-0.39, 0.29) is 22.9 Å². The molecule has 0 atom stereocenters. The van der Waals surface area contributed by atoms with Crippen molar-refractivity contribution in [2.45, 2.75) is 25.7 Å². The highest BCUT2D eigenvalue weighted by Gasteiger charge is 2.19. The summed E-state index contributed by atoms with van der Waals surface area (Å²) in [4.78, 5) is 16.9. The highest BCUT2D eigenvalue weighted by Crippen LogP contribution is 2.27. The number of fused-ring (bicyclic) bond motifs is 1. The van der Waals surface area contributed by atoms with Crippen LogP contribution in [0.25, 0.3) is 11.0 Å². The number of rotatable bonds is 6. The maximum atomic E-state index is 12.4. The van der Waals surface area contributed by atoms with E-state index in [0.29, 0.717) is 11.5 Å². The number of hydrogen-bond acceptors (Lipinski definition) is 6. The fourth-order valence-electron chi connectivity index (χ4n) is 2.97. The highest BCUT2D eigenvalue weighted by atomic mass is 32.2. The molecule has 0 aliphatic rings. The van der Waals surface area contributed by atoms with Gasteiger partial charge in [0, 0.05) is 12.7 Å². The Labute approximate surface area is 163 Å². The Bertz CT molecular complexity index is 1150. The fourth-order valence-corrected chi connectivity index (χ4v) is 4.02. The molecule has 9 heteroatoms. The fraction of sp³-hybridized carbons (Fsp3) is 0.316. The molecule has 2 heterocycles. The first kappa shape index (κ1) is 19.8. The van der Waals surface area contributed by atoms with Gasteiger partial charge in [0.2, 0.25) is 5.88 Å². The van der Waals surface area contributed by atoms with Gasteiger partial charge in [-0.3, -0.25) is 4.79 Å². The number of hydrogen-bond donors (Lipinski definition) is 1. The van der Waals surface area contributed by atoms with Gasteiger partial charge in [0.15, 0.2) is 22.1 Å². The number of nitrogens with zero attached hydrogens (tertiary/aromatic N) is 3. The molecule has 3 aromatic rings. The largest absolute Gasteiger partial charge is 0.466 e. The van der Waals surface area contributed by atoms with Crippen molar-refractivity contribution in [2.24, 2.45) is 7.05 Å². The summed E-state index contributed by atoms with van der Waals surface area (Å²) in [5.74, 6) is -0.218. The Morgan fingerprint density at radius 3 is 2.68 bits per heavy atom. The van der Waals surface area contributed by atoms with Crippen molar-refractivity contribution in [1.29, 1.82) is 0 Å². The average molecular weight is 402 g/mol. The normalized spacial score (nSPS) is 11.6. The van der Waals surface area contributed by atoms with Gasteiger partial charge in [-0.15, -0.1) is 5.10 Å². The number of nitrogens with one attached hydrogen (secondary N) is 1. The minimum atomic E-state index is -3.46. The van der Waals surface area contributed by atoms with Crippen molar-refractivity contribution in [3.05, 3.63) is 41.6 Å². The summed E-state index contributed by atoms with van der Waals surface area (Å²) in [6.07, 6.45) is 0. The standard InChI is InChI=1S/C19H22N4O4S/c1-5-28(25,26)15-9-7-6-8-14(15)21-16(24)11-27-19-17-12(2)10-13(3)20-18(17)23(4)22-19/h6-10H,5,11H2,1-4H3,(H,21,24). The lowest BCUT2D eigenvalue weighted by atomic mass is 10.2. The van der Waals surface area contributed by atoms with Crippen LogP contribution in [0.5, 0.6) is 5.88 Å². The number of pyridine rings is 1. The molecule has 0 unspecified atom stereocenters. The van der Waals surface area contributed by atoms with Gasteiger partial charge >= 0.3 is 0 Å². The van der Waals surface area contributed by atoms with Crippen LogP contribution < -0.4 is 10.1 Å². The molecule has 0 bridgehead atoms. The predicted molar refractivity (Wildman–Crippen MR) is 106 cm³/mol. The predicted octanol–water partition coefficient (Wildman–Crippen LogP) is 2.40. The maximum Gasteiger partial charge on any atom is 0.262 e. The lowest BCUT2D eigenvalue weighted by Gasteiger charge is -2.11. The number of anilines is 1. The van der Waals surface area contributed by atoms with E-state index in [2.05, 4.69) is 15.4 Å². The molecule has 2 aromatic heterocycles. The van der Waals surface area contributed by atoms with E-state index in [1.807, 2.05) is 19.9 Å². The first-order valence-electron chi connectivity index (χ1n) is 8.78. The van der Waals surface area contributed by atoms with Crippen LogP contribution in [0.4, 0.5) is 5.69 Å². The van der Waals surface area contributed by atoms with E-state index >= 15 is 0 Å². The third-order valence-corrected chi connectivity index (χ3v) is 6.09. The Hall–Kier alpha value is -2.94. The van der Waals surface area contributed by atoms with Gasteiger partial charge in [0.05, 0.1) is 21.7 Å². The zero-order chi connectivity index (χ0) is 20.5. The Balaban J connectivity index is 1.79. The zero-order valence-electron chi connectivity index (χ0n) is 16.2. The Morgan fingerprint density at radius 2 is 1.96 bits per heavy atom. The van der Waals surface area contributed by atoms with Crippen molar-refractivity contribution in [1.82, 2.24) is 14.8 Å². The number of carbonyl (C=O) groups is 1. The Morgan fingerprint density at radius 1 is 1.25 bits per heavy atom. The topological polar surface area (TPSA) is 103 Å². The monoisotopic (exact) mass is 402 g/mol. The van der Waals surface area contributed by atoms with Crippen LogP contribution in [0.15, 0.2) is 35.2 Å². The minimum Gasteiger partial charge on any atom is -0.466 e. The van der Waals surface area contributed by atoms with Gasteiger partial charge in [0.1, 0.15) is 0 Å². The van der Waals surface area contributed by atoms with Gasteiger partial charge in [0.25, 0.3) is 5.91 Å². The van der Waals surface area contributed by atoms with Gasteiger partial charge in [-0.25, -0.2) is 18.1 Å². The number of aromatic nitrogens is 3. The summed E-state index contributed by atoms with van der Waals surface area (Å²) in [5.41, 5.74) is 2.72. The summed E-state index contributed by atoms with van der Waals surface area (Å²) >= 11 is 0. The lowest BCUT2D eigenvalue weighted by Crippen LogP contribution is -2.22. The molecule has 148 valence electrons. The van der Waals surface area contributed by atoms with Crippen LogP contribution in [0.3, 0.4) is 0 Å². The summed E-state index contributed by atoms with van der Waals surface area (Å²) in [5, 5.41) is 7.65. The number of amides is 1. The average Bonchev–Trinajstić information content (AvgIpc) is 2.96. The second-order valence-corrected chi connectivity index (χ2v) is 8.69. The number of sulfone groups is 1. The number of benzene rings is 1. The quantitative estimate of drug-likeness (QED) is 0.679. The van der Waals surface area contributed by atoms with Gasteiger partial charge in [-0.1, -0.05) is 19.1 Å². The third kappa shape index (κ3) is 3.84. The summed E-state index contributed by atoms with van der Waals surface area (Å²) in [6.45, 7) is 5.08. The second-order valence-electron chi connectivity index (χ2n) is 6.44. The van der Waals surface area contributed by atoms with Gasteiger partial charge in [-0.05, 0) is 37.6 Å². The molecule has 8 nitrogen and oxygen atoms in total. The minimum absolute atomic E-state index is 0.0536. The molecule has 1 N–H and O–H groups in total. The summed E-state index contributed by atoms with van der Waals surface area (Å²) in [6, 6.07) is 8.22. The molecule has 0 spiro atoms. The molecule has 0 radical (unpaired) electrons. The third-order valence-electron chi connectivity index (χ3n) is 4.30. The maximum absolute atomic E-state index is 12.4. The summed E-state index contributed by atoms with van der Waals surface area (Å²) in [7, 11) is -1.70. The number of carbonyl (C=O) groups excluding carboxylic acids is 1.